The molecule has 0 bridgehead atoms. The van der Waals surface area contributed by atoms with Crippen LogP contribution in [0, 0.1) is 6.92 Å². The molecule has 0 unspecified atom stereocenters. The Labute approximate surface area is 112 Å². The van der Waals surface area contributed by atoms with E-state index in [1.807, 2.05) is 19.9 Å². The molecular formula is C18H26. The van der Waals surface area contributed by atoms with E-state index >= 15 is 0 Å². The Balaban J connectivity index is 0.000000771. The first-order valence-corrected chi connectivity index (χ1v) is 7.21. The van der Waals surface area contributed by atoms with Crippen LogP contribution in [0.5, 0.6) is 0 Å². The van der Waals surface area contributed by atoms with Gasteiger partial charge in [-0.15, -0.1) is 6.58 Å². The zero-order valence-corrected chi connectivity index (χ0v) is 12.1. The molecular weight excluding hydrogens is 216 g/mol. The number of benzene rings is 1. The van der Waals surface area contributed by atoms with Crippen LogP contribution >= 0.6 is 0 Å². The van der Waals surface area contributed by atoms with E-state index < -0.39 is 0 Å². The lowest BCUT2D eigenvalue weighted by molar-refractivity contribution is 0.741. The van der Waals surface area contributed by atoms with Gasteiger partial charge in [0.1, 0.15) is 0 Å². The molecule has 1 aromatic rings. The molecule has 0 heterocycles. The van der Waals surface area contributed by atoms with Gasteiger partial charge in [0.2, 0.25) is 0 Å². The smallest absolute Gasteiger partial charge is 0.00940 e. The molecule has 1 aliphatic carbocycles. The summed E-state index contributed by atoms with van der Waals surface area (Å²) in [6.07, 6.45) is 10.6. The maximum Gasteiger partial charge on any atom is -0.00940 e. The van der Waals surface area contributed by atoms with Crippen LogP contribution in [0.4, 0.5) is 0 Å². The lowest BCUT2D eigenvalue weighted by Gasteiger charge is -2.18. The molecule has 0 saturated heterocycles. The van der Waals surface area contributed by atoms with Gasteiger partial charge < -0.3 is 0 Å². The molecule has 1 aliphatic rings. The Morgan fingerprint density at radius 1 is 1.22 bits per heavy atom. The van der Waals surface area contributed by atoms with Crippen molar-refractivity contribution in [3.63, 3.8) is 0 Å². The lowest BCUT2D eigenvalue weighted by Crippen LogP contribution is -1.99. The zero-order valence-electron chi connectivity index (χ0n) is 12.1. The van der Waals surface area contributed by atoms with E-state index in [1.165, 1.54) is 42.4 Å². The first-order valence-electron chi connectivity index (χ1n) is 7.21. The maximum atomic E-state index is 3.85. The number of rotatable bonds is 3. The van der Waals surface area contributed by atoms with Crippen LogP contribution in [0.1, 0.15) is 56.2 Å². The molecule has 18 heavy (non-hydrogen) atoms. The maximum absolute atomic E-state index is 3.85. The SMILES string of the molecule is C=CCc1cccc(C)c1C1=CCCCC1.CC. The van der Waals surface area contributed by atoms with Gasteiger partial charge in [-0.1, -0.05) is 44.2 Å². The minimum atomic E-state index is 0.981. The van der Waals surface area contributed by atoms with Gasteiger partial charge >= 0.3 is 0 Å². The number of aryl methyl sites for hydroxylation is 1. The highest BCUT2D eigenvalue weighted by atomic mass is 14.2. The Morgan fingerprint density at radius 3 is 2.61 bits per heavy atom. The van der Waals surface area contributed by atoms with E-state index in [2.05, 4.69) is 37.8 Å². The van der Waals surface area contributed by atoms with Crippen molar-refractivity contribution in [2.75, 3.05) is 0 Å². The largest absolute Gasteiger partial charge is 0.103 e. The highest BCUT2D eigenvalue weighted by molar-refractivity contribution is 5.71. The Bertz CT molecular complexity index is 410. The van der Waals surface area contributed by atoms with E-state index in [9.17, 15) is 0 Å². The molecule has 0 radical (unpaired) electrons. The quantitative estimate of drug-likeness (QED) is 0.596. The van der Waals surface area contributed by atoms with Gasteiger partial charge in [-0.25, -0.2) is 0 Å². The molecule has 0 saturated carbocycles. The minimum absolute atomic E-state index is 0.981. The van der Waals surface area contributed by atoms with E-state index in [1.54, 1.807) is 5.57 Å². The summed E-state index contributed by atoms with van der Waals surface area (Å²) in [6.45, 7) is 10.1. The molecule has 0 nitrogen and oxygen atoms in total. The van der Waals surface area contributed by atoms with Crippen LogP contribution < -0.4 is 0 Å². The number of allylic oxidation sites excluding steroid dienone is 3. The summed E-state index contributed by atoms with van der Waals surface area (Å²) < 4.78 is 0. The third-order valence-corrected chi connectivity index (χ3v) is 3.34. The molecule has 1 aromatic carbocycles. The summed E-state index contributed by atoms with van der Waals surface area (Å²) in [6, 6.07) is 6.61. The molecule has 0 amide bonds. The molecule has 98 valence electrons. The molecule has 0 fully saturated rings. The first-order chi connectivity index (χ1) is 8.83. The van der Waals surface area contributed by atoms with Gasteiger partial charge in [0.05, 0.1) is 0 Å². The summed E-state index contributed by atoms with van der Waals surface area (Å²) >= 11 is 0. The first kappa shape index (κ1) is 14.8. The predicted molar refractivity (Wildman–Crippen MR) is 82.9 cm³/mol. The van der Waals surface area contributed by atoms with Gasteiger partial charge in [-0.3, -0.25) is 0 Å². The van der Waals surface area contributed by atoms with Gasteiger partial charge in [0.25, 0.3) is 0 Å². The van der Waals surface area contributed by atoms with Gasteiger partial charge in [0.15, 0.2) is 0 Å². The highest BCUT2D eigenvalue weighted by Crippen LogP contribution is 2.31. The Morgan fingerprint density at radius 2 is 2.00 bits per heavy atom. The van der Waals surface area contributed by atoms with E-state index in [-0.39, 0.29) is 0 Å². The molecule has 0 spiro atoms. The Kier molecular flexibility index (Phi) is 6.49. The monoisotopic (exact) mass is 242 g/mol. The van der Waals surface area contributed by atoms with Gasteiger partial charge in [-0.2, -0.15) is 0 Å². The van der Waals surface area contributed by atoms with Gasteiger partial charge in [-0.05, 0) is 61.3 Å². The van der Waals surface area contributed by atoms with E-state index in [4.69, 9.17) is 0 Å². The van der Waals surface area contributed by atoms with Crippen molar-refractivity contribution in [3.8, 4) is 0 Å². The standard InChI is InChI=1S/C16H20.C2H6/c1-3-8-14-12-7-9-13(2)16(14)15-10-5-4-6-11-15;1-2/h3,7,9-10,12H,1,4-6,8,11H2,2H3;1-2H3. The minimum Gasteiger partial charge on any atom is -0.103 e. The topological polar surface area (TPSA) is 0 Å². The third kappa shape index (κ3) is 3.60. The third-order valence-electron chi connectivity index (χ3n) is 3.34. The number of hydrogen-bond donors (Lipinski definition) is 0. The summed E-state index contributed by atoms with van der Waals surface area (Å²) in [5, 5.41) is 0. The molecule has 0 aliphatic heterocycles. The summed E-state index contributed by atoms with van der Waals surface area (Å²) in [4.78, 5) is 0. The van der Waals surface area contributed by atoms with Crippen molar-refractivity contribution in [1.29, 1.82) is 0 Å². The molecule has 0 atom stereocenters. The van der Waals surface area contributed by atoms with Crippen LogP contribution in [0.3, 0.4) is 0 Å². The lowest BCUT2D eigenvalue weighted by atomic mass is 9.87. The molecule has 0 heteroatoms. The fourth-order valence-corrected chi connectivity index (χ4v) is 2.58. The summed E-state index contributed by atoms with van der Waals surface area (Å²) in [7, 11) is 0. The van der Waals surface area contributed by atoms with Gasteiger partial charge in [0, 0.05) is 0 Å². The highest BCUT2D eigenvalue weighted by Gasteiger charge is 2.11. The summed E-state index contributed by atoms with van der Waals surface area (Å²) in [5.74, 6) is 0. The van der Waals surface area contributed by atoms with Crippen LogP contribution in [0.25, 0.3) is 5.57 Å². The predicted octanol–water partition coefficient (Wildman–Crippen LogP) is 5.71. The normalized spacial score (nSPS) is 14.3. The molecule has 0 aromatic heterocycles. The van der Waals surface area contributed by atoms with Crippen molar-refractivity contribution in [3.05, 3.63) is 53.6 Å². The summed E-state index contributed by atoms with van der Waals surface area (Å²) in [5.41, 5.74) is 5.89. The van der Waals surface area contributed by atoms with Crippen LogP contribution in [-0.2, 0) is 6.42 Å². The second-order valence-corrected chi connectivity index (χ2v) is 4.58. The fourth-order valence-electron chi connectivity index (χ4n) is 2.58. The average molecular weight is 242 g/mol. The van der Waals surface area contributed by atoms with Crippen molar-refractivity contribution >= 4 is 5.57 Å². The van der Waals surface area contributed by atoms with Crippen molar-refractivity contribution < 1.29 is 0 Å². The Hall–Kier alpha value is -1.30. The number of hydrogen-bond acceptors (Lipinski definition) is 0. The molecule has 2 rings (SSSR count). The van der Waals surface area contributed by atoms with E-state index in [0.717, 1.165) is 6.42 Å². The van der Waals surface area contributed by atoms with Crippen molar-refractivity contribution in [1.82, 2.24) is 0 Å². The second-order valence-electron chi connectivity index (χ2n) is 4.58. The second kappa shape index (κ2) is 7.92. The van der Waals surface area contributed by atoms with Crippen molar-refractivity contribution in [2.45, 2.75) is 52.9 Å². The van der Waals surface area contributed by atoms with Crippen LogP contribution in [0.15, 0.2) is 36.9 Å². The molecule has 0 N–H and O–H groups in total. The van der Waals surface area contributed by atoms with Crippen LogP contribution in [-0.4, -0.2) is 0 Å². The van der Waals surface area contributed by atoms with E-state index in [0.29, 0.717) is 0 Å². The fraction of sp³-hybridized carbons (Fsp3) is 0.444. The van der Waals surface area contributed by atoms with Crippen molar-refractivity contribution in [2.24, 2.45) is 0 Å². The zero-order chi connectivity index (χ0) is 13.4. The average Bonchev–Trinajstić information content (AvgIpc) is 2.43. The van der Waals surface area contributed by atoms with Crippen LogP contribution in [0.2, 0.25) is 0 Å².